The molecule has 0 aliphatic rings. The summed E-state index contributed by atoms with van der Waals surface area (Å²) < 4.78 is 11.0. The van der Waals surface area contributed by atoms with Gasteiger partial charge in [-0.15, -0.1) is 0 Å². The average molecular weight is 401 g/mol. The zero-order valence-corrected chi connectivity index (χ0v) is 16.9. The van der Waals surface area contributed by atoms with Gasteiger partial charge in [0.25, 0.3) is 0 Å². The predicted molar refractivity (Wildman–Crippen MR) is 112 cm³/mol. The molecule has 5 nitrogen and oxygen atoms in total. The predicted octanol–water partition coefficient (Wildman–Crippen LogP) is 3.66. The van der Waals surface area contributed by atoms with Crippen LogP contribution in [-0.2, 0) is 27.5 Å². The van der Waals surface area contributed by atoms with Crippen molar-refractivity contribution in [3.8, 4) is 0 Å². The first-order chi connectivity index (χ1) is 14.1. The van der Waals surface area contributed by atoms with Crippen molar-refractivity contribution in [2.24, 2.45) is 0 Å². The van der Waals surface area contributed by atoms with E-state index in [2.05, 4.69) is 0 Å². The van der Waals surface area contributed by atoms with Gasteiger partial charge < -0.3 is 19.7 Å². The van der Waals surface area contributed by atoms with Crippen LogP contribution in [-0.4, -0.2) is 41.4 Å². The molecule has 0 saturated heterocycles. The van der Waals surface area contributed by atoms with Crippen molar-refractivity contribution < 1.29 is 24.5 Å². The van der Waals surface area contributed by atoms with Crippen LogP contribution in [0.15, 0.2) is 60.7 Å². The summed E-state index contributed by atoms with van der Waals surface area (Å²) in [7, 11) is 0. The fraction of sp³-hybridized carbons (Fsp3) is 0.458. The van der Waals surface area contributed by atoms with E-state index in [9.17, 15) is 15.0 Å². The highest BCUT2D eigenvalue weighted by Crippen LogP contribution is 2.09. The summed E-state index contributed by atoms with van der Waals surface area (Å²) in [5.41, 5.74) is 2.13. The summed E-state index contributed by atoms with van der Waals surface area (Å²) >= 11 is 0. The number of Topliss-reactive ketones (excluding diaryl/α,β-unsaturated/α-hetero) is 1. The molecule has 0 fully saturated rings. The average Bonchev–Trinajstić information content (AvgIpc) is 2.74. The second-order valence-electron chi connectivity index (χ2n) is 7.28. The van der Waals surface area contributed by atoms with Crippen molar-refractivity contribution in [2.75, 3.05) is 13.2 Å². The van der Waals surface area contributed by atoms with E-state index >= 15 is 0 Å². The number of hydrogen-bond donors (Lipinski definition) is 2. The first-order valence-corrected chi connectivity index (χ1v) is 10.2. The Labute approximate surface area is 173 Å². The Morgan fingerprint density at radius 2 is 1.21 bits per heavy atom. The smallest absolute Gasteiger partial charge is 0.133 e. The summed E-state index contributed by atoms with van der Waals surface area (Å²) in [6.07, 6.45) is 1.08. The third kappa shape index (κ3) is 10.9. The summed E-state index contributed by atoms with van der Waals surface area (Å²) in [5, 5.41) is 19.9. The first-order valence-electron chi connectivity index (χ1n) is 10.2. The molecule has 0 saturated carbocycles. The summed E-state index contributed by atoms with van der Waals surface area (Å²) in [4.78, 5) is 12.0. The van der Waals surface area contributed by atoms with E-state index in [1.165, 1.54) is 0 Å². The molecule has 0 bridgehead atoms. The molecule has 0 spiro atoms. The normalized spacial score (nSPS) is 13.2. The van der Waals surface area contributed by atoms with Crippen molar-refractivity contribution in [3.63, 3.8) is 0 Å². The number of carbonyl (C=O) groups excluding carboxylic acids is 1. The zero-order valence-electron chi connectivity index (χ0n) is 16.9. The molecule has 2 atom stereocenters. The minimum absolute atomic E-state index is 0.101. The largest absolute Gasteiger partial charge is 0.391 e. The molecule has 0 aromatic heterocycles. The molecule has 2 N–H and O–H groups in total. The van der Waals surface area contributed by atoms with E-state index in [-0.39, 0.29) is 19.0 Å². The van der Waals surface area contributed by atoms with Gasteiger partial charge >= 0.3 is 0 Å². The third-order valence-electron chi connectivity index (χ3n) is 4.59. The molecule has 0 aliphatic carbocycles. The molecule has 5 heteroatoms. The highest BCUT2D eigenvalue weighted by Gasteiger charge is 2.11. The van der Waals surface area contributed by atoms with Gasteiger partial charge in [0, 0.05) is 12.8 Å². The molecule has 0 amide bonds. The number of ether oxygens (including phenoxy) is 2. The van der Waals surface area contributed by atoms with Gasteiger partial charge in [-0.25, -0.2) is 0 Å². The van der Waals surface area contributed by atoms with Gasteiger partial charge in [0.1, 0.15) is 5.78 Å². The Morgan fingerprint density at radius 1 is 0.724 bits per heavy atom. The van der Waals surface area contributed by atoms with E-state index in [0.29, 0.717) is 45.3 Å². The van der Waals surface area contributed by atoms with Crippen LogP contribution in [0.25, 0.3) is 0 Å². The molecule has 0 heterocycles. The lowest BCUT2D eigenvalue weighted by Crippen LogP contribution is -2.17. The molecular weight excluding hydrogens is 368 g/mol. The Bertz CT molecular complexity index is 674. The zero-order chi connectivity index (χ0) is 20.7. The molecule has 0 radical (unpaired) electrons. The highest BCUT2D eigenvalue weighted by atomic mass is 16.5. The number of aliphatic hydroxyl groups excluding tert-OH is 2. The standard InChI is InChI=1S/C24H32O5/c25-22(14-15-24(27)19-29-17-21-10-5-2-6-11-21)12-7-13-23(26)18-28-16-20-8-3-1-4-9-20/h1-6,8-11,23-24,26-27H,7,12-19H2/t23-,24-/m0/s1. The van der Waals surface area contributed by atoms with Crippen LogP contribution < -0.4 is 0 Å². The van der Waals surface area contributed by atoms with Crippen LogP contribution >= 0.6 is 0 Å². The molecule has 2 aromatic rings. The van der Waals surface area contributed by atoms with Gasteiger partial charge in [0.15, 0.2) is 0 Å². The lowest BCUT2D eigenvalue weighted by molar-refractivity contribution is -0.120. The lowest BCUT2D eigenvalue weighted by Gasteiger charge is -2.12. The molecule has 29 heavy (non-hydrogen) atoms. The Balaban J connectivity index is 1.46. The van der Waals surface area contributed by atoms with E-state index in [1.807, 2.05) is 60.7 Å². The summed E-state index contributed by atoms with van der Waals surface area (Å²) in [6, 6.07) is 19.6. The van der Waals surface area contributed by atoms with Gasteiger partial charge in [0.2, 0.25) is 0 Å². The Kier molecular flexibility index (Phi) is 11.2. The molecule has 0 unspecified atom stereocenters. The van der Waals surface area contributed by atoms with Crippen LogP contribution in [0, 0.1) is 0 Å². The van der Waals surface area contributed by atoms with Crippen LogP contribution in [0.5, 0.6) is 0 Å². The number of hydrogen-bond acceptors (Lipinski definition) is 5. The van der Waals surface area contributed by atoms with Crippen molar-refractivity contribution in [1.29, 1.82) is 0 Å². The quantitative estimate of drug-likeness (QED) is 0.477. The molecule has 2 aromatic carbocycles. The maximum Gasteiger partial charge on any atom is 0.133 e. The fourth-order valence-electron chi connectivity index (χ4n) is 2.93. The van der Waals surface area contributed by atoms with Crippen LogP contribution in [0.2, 0.25) is 0 Å². The van der Waals surface area contributed by atoms with Gasteiger partial charge in [-0.3, -0.25) is 4.79 Å². The second-order valence-corrected chi connectivity index (χ2v) is 7.28. The van der Waals surface area contributed by atoms with E-state index in [0.717, 1.165) is 11.1 Å². The Morgan fingerprint density at radius 3 is 1.72 bits per heavy atom. The van der Waals surface area contributed by atoms with E-state index < -0.39 is 12.2 Å². The van der Waals surface area contributed by atoms with E-state index in [4.69, 9.17) is 9.47 Å². The number of carbonyl (C=O) groups is 1. The maximum atomic E-state index is 12.0. The van der Waals surface area contributed by atoms with Gasteiger partial charge in [-0.2, -0.15) is 0 Å². The highest BCUT2D eigenvalue weighted by molar-refractivity contribution is 5.78. The van der Waals surface area contributed by atoms with Crippen molar-refractivity contribution >= 4 is 5.78 Å². The maximum absolute atomic E-state index is 12.0. The minimum Gasteiger partial charge on any atom is -0.391 e. The van der Waals surface area contributed by atoms with Gasteiger partial charge in [-0.1, -0.05) is 60.7 Å². The molecule has 158 valence electrons. The van der Waals surface area contributed by atoms with Gasteiger partial charge in [0.05, 0.1) is 38.6 Å². The fourth-order valence-corrected chi connectivity index (χ4v) is 2.93. The topological polar surface area (TPSA) is 76.0 Å². The van der Waals surface area contributed by atoms with Crippen molar-refractivity contribution in [1.82, 2.24) is 0 Å². The van der Waals surface area contributed by atoms with E-state index in [1.54, 1.807) is 0 Å². The molecular formula is C24H32O5. The van der Waals surface area contributed by atoms with Gasteiger partial charge in [-0.05, 0) is 30.4 Å². The van der Waals surface area contributed by atoms with Crippen LogP contribution in [0.1, 0.15) is 43.2 Å². The third-order valence-corrected chi connectivity index (χ3v) is 4.59. The number of benzene rings is 2. The van der Waals surface area contributed by atoms with Crippen molar-refractivity contribution in [3.05, 3.63) is 71.8 Å². The number of aliphatic hydroxyl groups is 2. The Hall–Kier alpha value is -2.05. The first kappa shape index (κ1) is 23.2. The lowest BCUT2D eigenvalue weighted by atomic mass is 10.1. The number of rotatable bonds is 15. The monoisotopic (exact) mass is 400 g/mol. The summed E-state index contributed by atoms with van der Waals surface area (Å²) in [6.45, 7) is 1.41. The molecule has 2 rings (SSSR count). The second kappa shape index (κ2) is 14.0. The summed E-state index contributed by atoms with van der Waals surface area (Å²) in [5.74, 6) is 0.101. The SMILES string of the molecule is O=C(CCC[C@H](O)COCc1ccccc1)CC[C@H](O)COCc1ccccc1. The van der Waals surface area contributed by atoms with Crippen LogP contribution in [0.3, 0.4) is 0 Å². The molecule has 0 aliphatic heterocycles. The minimum atomic E-state index is -0.639. The van der Waals surface area contributed by atoms with Crippen molar-refractivity contribution in [2.45, 2.75) is 57.5 Å². The number of ketones is 1. The van der Waals surface area contributed by atoms with Crippen LogP contribution in [0.4, 0.5) is 0 Å².